The number of anilines is 2. The van der Waals surface area contributed by atoms with Gasteiger partial charge in [-0.15, -0.1) is 0 Å². The molecule has 0 radical (unpaired) electrons. The maximum atomic E-state index is 12.5. The van der Waals surface area contributed by atoms with E-state index in [1.165, 1.54) is 34.4 Å². The highest BCUT2D eigenvalue weighted by Gasteiger charge is 2.34. The Morgan fingerprint density at radius 1 is 1.13 bits per heavy atom. The molecule has 11 heteroatoms. The molecule has 2 fully saturated rings. The molecule has 2 aromatic heterocycles. The van der Waals surface area contributed by atoms with Crippen LogP contribution in [0.4, 0.5) is 16.4 Å². The normalized spacial score (nSPS) is 21.7. The van der Waals surface area contributed by atoms with Gasteiger partial charge in [0.15, 0.2) is 18.2 Å². The summed E-state index contributed by atoms with van der Waals surface area (Å²) < 4.78 is 17.0. The predicted octanol–water partition coefficient (Wildman–Crippen LogP) is 2.28. The smallest absolute Gasteiger partial charge is 0.415 e. The van der Waals surface area contributed by atoms with E-state index in [1.54, 1.807) is 12.1 Å². The van der Waals surface area contributed by atoms with E-state index in [9.17, 15) is 9.59 Å². The molecule has 39 heavy (non-hydrogen) atoms. The molecule has 1 saturated heterocycles. The first-order valence-electron chi connectivity index (χ1n) is 13.9. The van der Waals surface area contributed by atoms with Crippen LogP contribution in [-0.4, -0.2) is 73.5 Å². The van der Waals surface area contributed by atoms with Gasteiger partial charge in [0.05, 0.1) is 6.54 Å². The third-order valence-corrected chi connectivity index (χ3v) is 7.87. The summed E-state index contributed by atoms with van der Waals surface area (Å²) in [4.78, 5) is 34.8. The largest absolute Gasteiger partial charge is 0.480 e. The zero-order chi connectivity index (χ0) is 26.9. The quantitative estimate of drug-likeness (QED) is 0.371. The fraction of sp³-hybridized carbons (Fsp3) is 0.571. The van der Waals surface area contributed by atoms with Gasteiger partial charge in [-0.05, 0) is 88.2 Å². The second-order valence-electron chi connectivity index (χ2n) is 10.9. The Morgan fingerprint density at radius 3 is 2.82 bits per heavy atom. The number of nitrogens with one attached hydrogen (secondary N) is 3. The topological polar surface area (TPSA) is 127 Å². The maximum absolute atomic E-state index is 12.5. The van der Waals surface area contributed by atoms with Crippen molar-refractivity contribution in [1.29, 1.82) is 0 Å². The average molecular weight is 537 g/mol. The van der Waals surface area contributed by atoms with Crippen molar-refractivity contribution in [2.24, 2.45) is 5.92 Å². The van der Waals surface area contributed by atoms with Crippen LogP contribution in [0.2, 0.25) is 0 Å². The van der Waals surface area contributed by atoms with Crippen LogP contribution in [0.5, 0.6) is 11.6 Å². The lowest BCUT2D eigenvalue weighted by atomic mass is 10.0. The maximum Gasteiger partial charge on any atom is 0.415 e. The molecule has 11 nitrogen and oxygen atoms in total. The van der Waals surface area contributed by atoms with Gasteiger partial charge < -0.3 is 30.2 Å². The van der Waals surface area contributed by atoms with E-state index in [0.717, 1.165) is 44.0 Å². The van der Waals surface area contributed by atoms with Crippen LogP contribution >= 0.6 is 0 Å². The Bertz CT molecular complexity index is 1270. The number of pyridine rings is 2. The van der Waals surface area contributed by atoms with Crippen molar-refractivity contribution < 1.29 is 23.8 Å². The van der Waals surface area contributed by atoms with Crippen molar-refractivity contribution in [3.05, 3.63) is 34.5 Å². The molecule has 1 saturated carbocycles. The van der Waals surface area contributed by atoms with Crippen molar-refractivity contribution in [2.75, 3.05) is 49.6 Å². The van der Waals surface area contributed by atoms with Gasteiger partial charge in [-0.2, -0.15) is 0 Å². The number of aromatic nitrogens is 2. The van der Waals surface area contributed by atoms with E-state index in [2.05, 4.69) is 34.8 Å². The standard InChI is InChI=1S/C28H36N6O5/c1-16-21-11-18(12-22(21)17(2)31-27(16)37-10-9-30-19-3-4-19)13-29-8-7-20-14-34(28(36)39-20)24-6-5-23-26(32-24)33-25(35)15-38-23/h5-6,18-20,29-30H,3-4,7-15H2,1-2H3,(H,32,33,35). The molecule has 208 valence electrons. The van der Waals surface area contributed by atoms with Gasteiger partial charge in [-0.3, -0.25) is 9.69 Å². The summed E-state index contributed by atoms with van der Waals surface area (Å²) in [7, 11) is 0. The molecule has 4 heterocycles. The third-order valence-electron chi connectivity index (χ3n) is 7.87. The number of hydrogen-bond donors (Lipinski definition) is 3. The summed E-state index contributed by atoms with van der Waals surface area (Å²) in [6.07, 6.45) is 4.64. The van der Waals surface area contributed by atoms with Gasteiger partial charge in [0.25, 0.3) is 5.91 Å². The number of carbonyl (C=O) groups excluding carboxylic acids is 2. The van der Waals surface area contributed by atoms with E-state index in [1.807, 2.05) is 0 Å². The van der Waals surface area contributed by atoms with Crippen molar-refractivity contribution in [2.45, 2.75) is 58.1 Å². The SMILES string of the molecule is Cc1nc(OCCNC2CC2)c(C)c2c1CC(CNCCC1CN(c3ccc4c(n3)NC(=O)CO4)C(=O)O1)C2. The van der Waals surface area contributed by atoms with E-state index in [-0.39, 0.29) is 18.6 Å². The van der Waals surface area contributed by atoms with Gasteiger partial charge in [-0.1, -0.05) is 0 Å². The first kappa shape index (κ1) is 25.8. The molecule has 0 bridgehead atoms. The summed E-state index contributed by atoms with van der Waals surface area (Å²) >= 11 is 0. The number of amides is 2. The van der Waals surface area contributed by atoms with Gasteiger partial charge >= 0.3 is 6.09 Å². The summed E-state index contributed by atoms with van der Waals surface area (Å²) in [6, 6.07) is 4.10. The number of carbonyl (C=O) groups is 2. The molecule has 2 aliphatic carbocycles. The van der Waals surface area contributed by atoms with Crippen molar-refractivity contribution in [3.63, 3.8) is 0 Å². The van der Waals surface area contributed by atoms with Crippen LogP contribution < -0.4 is 30.3 Å². The minimum Gasteiger partial charge on any atom is -0.480 e. The number of rotatable bonds is 11. The summed E-state index contributed by atoms with van der Waals surface area (Å²) in [5.74, 6) is 2.26. The lowest BCUT2D eigenvalue weighted by Gasteiger charge is -2.19. The lowest BCUT2D eigenvalue weighted by Crippen LogP contribution is -2.30. The van der Waals surface area contributed by atoms with E-state index in [0.29, 0.717) is 48.9 Å². The molecule has 2 amide bonds. The monoisotopic (exact) mass is 536 g/mol. The van der Waals surface area contributed by atoms with Crippen LogP contribution in [0.3, 0.4) is 0 Å². The second kappa shape index (κ2) is 11.0. The van der Waals surface area contributed by atoms with Crippen LogP contribution in [0, 0.1) is 19.8 Å². The molecule has 0 spiro atoms. The highest BCUT2D eigenvalue weighted by molar-refractivity contribution is 5.95. The van der Waals surface area contributed by atoms with Gasteiger partial charge in [0.2, 0.25) is 5.88 Å². The fourth-order valence-electron chi connectivity index (χ4n) is 5.59. The third kappa shape index (κ3) is 5.79. The van der Waals surface area contributed by atoms with Crippen LogP contribution in [-0.2, 0) is 22.4 Å². The molecule has 3 N–H and O–H groups in total. The zero-order valence-corrected chi connectivity index (χ0v) is 22.5. The van der Waals surface area contributed by atoms with Crippen LogP contribution in [0.15, 0.2) is 12.1 Å². The predicted molar refractivity (Wildman–Crippen MR) is 145 cm³/mol. The number of cyclic esters (lactones) is 1. The highest BCUT2D eigenvalue weighted by Crippen LogP contribution is 2.35. The summed E-state index contributed by atoms with van der Waals surface area (Å²) in [6.45, 7) is 7.74. The number of ether oxygens (including phenoxy) is 3. The number of hydrogen-bond acceptors (Lipinski definition) is 9. The molecular formula is C28H36N6O5. The molecular weight excluding hydrogens is 500 g/mol. The number of fused-ring (bicyclic) bond motifs is 2. The van der Waals surface area contributed by atoms with Crippen LogP contribution in [0.1, 0.15) is 41.6 Å². The Labute approximate surface area is 228 Å². The Morgan fingerprint density at radius 2 is 1.97 bits per heavy atom. The van der Waals surface area contributed by atoms with Crippen molar-refractivity contribution >= 4 is 23.6 Å². The van der Waals surface area contributed by atoms with E-state index >= 15 is 0 Å². The second-order valence-corrected chi connectivity index (χ2v) is 10.9. The van der Waals surface area contributed by atoms with Crippen molar-refractivity contribution in [3.8, 4) is 11.6 Å². The van der Waals surface area contributed by atoms with Gasteiger partial charge in [0.1, 0.15) is 18.5 Å². The number of nitrogens with zero attached hydrogens (tertiary/aromatic N) is 3. The molecule has 2 aliphatic heterocycles. The number of aryl methyl sites for hydroxylation is 1. The molecule has 0 aromatic carbocycles. The first-order valence-corrected chi connectivity index (χ1v) is 13.9. The average Bonchev–Trinajstić information content (AvgIpc) is 3.52. The summed E-state index contributed by atoms with van der Waals surface area (Å²) in [5, 5.41) is 9.72. The Hall–Kier alpha value is -3.44. The molecule has 2 unspecified atom stereocenters. The van der Waals surface area contributed by atoms with E-state index < -0.39 is 6.09 Å². The fourth-order valence-corrected chi connectivity index (χ4v) is 5.59. The Kier molecular flexibility index (Phi) is 7.26. The minimum atomic E-state index is -0.429. The summed E-state index contributed by atoms with van der Waals surface area (Å²) in [5.41, 5.74) is 4.99. The first-order chi connectivity index (χ1) is 18.9. The molecule has 4 aliphatic rings. The van der Waals surface area contributed by atoms with E-state index in [4.69, 9.17) is 19.2 Å². The zero-order valence-electron chi connectivity index (χ0n) is 22.5. The lowest BCUT2D eigenvalue weighted by molar-refractivity contribution is -0.118. The molecule has 2 aromatic rings. The minimum absolute atomic E-state index is 0.0361. The Balaban J connectivity index is 0.958. The highest BCUT2D eigenvalue weighted by atomic mass is 16.6. The van der Waals surface area contributed by atoms with Crippen LogP contribution in [0.25, 0.3) is 0 Å². The van der Waals surface area contributed by atoms with Gasteiger partial charge in [-0.25, -0.2) is 14.8 Å². The molecule has 2 atom stereocenters. The van der Waals surface area contributed by atoms with Crippen molar-refractivity contribution in [1.82, 2.24) is 20.6 Å². The van der Waals surface area contributed by atoms with Gasteiger partial charge in [0, 0.05) is 23.8 Å². The molecule has 6 rings (SSSR count).